The van der Waals surface area contributed by atoms with E-state index in [1.807, 2.05) is 0 Å². The van der Waals surface area contributed by atoms with Crippen molar-refractivity contribution in [3.63, 3.8) is 0 Å². The Morgan fingerprint density at radius 2 is 2.11 bits per heavy atom. The molecule has 0 aliphatic rings. The molecular weight excluding hydrogens is 320 g/mol. The predicted octanol–water partition coefficient (Wildman–Crippen LogP) is 1.17. The molecule has 7 heteroatoms. The van der Waals surface area contributed by atoms with E-state index in [1.165, 1.54) is 18.5 Å². The van der Waals surface area contributed by atoms with Crippen molar-refractivity contribution in [3.8, 4) is 0 Å². The molecule has 2 N–H and O–H groups in total. The van der Waals surface area contributed by atoms with Crippen LogP contribution in [0.2, 0.25) is 0 Å². The van der Waals surface area contributed by atoms with Crippen LogP contribution in [0.4, 0.5) is 0 Å². The lowest BCUT2D eigenvalue weighted by Gasteiger charge is -2.18. The minimum absolute atomic E-state index is 0.226. The van der Waals surface area contributed by atoms with Crippen molar-refractivity contribution in [2.45, 2.75) is 11.4 Å². The quantitative estimate of drug-likeness (QED) is 0.846. The Balaban J connectivity index is 3.11. The predicted molar refractivity (Wildman–Crippen MR) is 73.7 cm³/mol. The third kappa shape index (κ3) is 3.52. The van der Waals surface area contributed by atoms with Gasteiger partial charge in [0.1, 0.15) is 0 Å². The second-order valence-electron chi connectivity index (χ2n) is 3.79. The standard InChI is InChI=1S/C11H17BrN2O3S/c1-14(5-6-17-2)18(15,16)11-7-9(8-13)3-4-10(11)12/h3-4,7H,5-6,8,13H2,1-2H3. The van der Waals surface area contributed by atoms with Gasteiger partial charge in [-0.1, -0.05) is 6.07 Å². The van der Waals surface area contributed by atoms with E-state index in [0.29, 0.717) is 24.2 Å². The number of benzene rings is 1. The highest BCUT2D eigenvalue weighted by Gasteiger charge is 2.23. The van der Waals surface area contributed by atoms with Gasteiger partial charge >= 0.3 is 0 Å². The first kappa shape index (κ1) is 15.6. The van der Waals surface area contributed by atoms with Gasteiger partial charge in [-0.25, -0.2) is 8.42 Å². The van der Waals surface area contributed by atoms with E-state index in [4.69, 9.17) is 10.5 Å². The molecule has 1 aromatic rings. The SMILES string of the molecule is COCCN(C)S(=O)(=O)c1cc(CN)ccc1Br. The number of methoxy groups -OCH3 is 1. The van der Waals surface area contributed by atoms with Gasteiger partial charge in [-0.05, 0) is 33.6 Å². The normalized spacial score (nSPS) is 12.1. The van der Waals surface area contributed by atoms with E-state index in [1.54, 1.807) is 18.2 Å². The maximum atomic E-state index is 12.3. The van der Waals surface area contributed by atoms with Gasteiger partial charge in [0.05, 0.1) is 11.5 Å². The summed E-state index contributed by atoms with van der Waals surface area (Å²) in [4.78, 5) is 0.226. The minimum Gasteiger partial charge on any atom is -0.383 e. The highest BCUT2D eigenvalue weighted by molar-refractivity contribution is 9.10. The van der Waals surface area contributed by atoms with Crippen LogP contribution < -0.4 is 5.73 Å². The monoisotopic (exact) mass is 336 g/mol. The Morgan fingerprint density at radius 1 is 1.44 bits per heavy atom. The zero-order chi connectivity index (χ0) is 13.8. The number of hydrogen-bond acceptors (Lipinski definition) is 4. The van der Waals surface area contributed by atoms with E-state index >= 15 is 0 Å². The summed E-state index contributed by atoms with van der Waals surface area (Å²) in [5.74, 6) is 0. The lowest BCUT2D eigenvalue weighted by molar-refractivity contribution is 0.185. The fourth-order valence-corrected chi connectivity index (χ4v) is 3.51. The summed E-state index contributed by atoms with van der Waals surface area (Å²) < 4.78 is 31.3. The summed E-state index contributed by atoms with van der Waals surface area (Å²) in [5, 5.41) is 0. The second-order valence-corrected chi connectivity index (χ2v) is 6.66. The van der Waals surface area contributed by atoms with Gasteiger partial charge in [0.2, 0.25) is 10.0 Å². The van der Waals surface area contributed by atoms with Crippen LogP contribution in [-0.4, -0.2) is 40.0 Å². The molecule has 0 atom stereocenters. The average Bonchev–Trinajstić information content (AvgIpc) is 2.36. The molecule has 0 heterocycles. The summed E-state index contributed by atoms with van der Waals surface area (Å²) in [7, 11) is -0.467. The molecule has 18 heavy (non-hydrogen) atoms. The molecule has 0 bridgehead atoms. The van der Waals surface area contributed by atoms with Gasteiger partial charge in [0, 0.05) is 31.7 Å². The van der Waals surface area contributed by atoms with Gasteiger partial charge in [-0.2, -0.15) is 4.31 Å². The number of likely N-dealkylation sites (N-methyl/N-ethyl adjacent to an activating group) is 1. The Labute approximate surface area is 116 Å². The molecule has 1 rings (SSSR count). The van der Waals surface area contributed by atoms with Crippen LogP contribution in [0.15, 0.2) is 27.6 Å². The first-order chi connectivity index (χ1) is 8.43. The Kier molecular flexibility index (Phi) is 5.74. The largest absolute Gasteiger partial charge is 0.383 e. The molecule has 0 radical (unpaired) electrons. The maximum absolute atomic E-state index is 12.3. The number of ether oxygens (including phenoxy) is 1. The Hall–Kier alpha value is -0.470. The number of nitrogens with zero attached hydrogens (tertiary/aromatic N) is 1. The molecule has 0 saturated carbocycles. The minimum atomic E-state index is -3.52. The highest BCUT2D eigenvalue weighted by atomic mass is 79.9. The molecule has 1 aromatic carbocycles. The first-order valence-electron chi connectivity index (χ1n) is 5.37. The Bertz CT molecular complexity index is 505. The van der Waals surface area contributed by atoms with Crippen LogP contribution >= 0.6 is 15.9 Å². The molecule has 0 aliphatic carbocycles. The average molecular weight is 337 g/mol. The molecule has 0 saturated heterocycles. The molecule has 0 spiro atoms. The third-order valence-corrected chi connectivity index (χ3v) is 5.38. The summed E-state index contributed by atoms with van der Waals surface area (Å²) in [6.07, 6.45) is 0. The van der Waals surface area contributed by atoms with E-state index in [9.17, 15) is 8.42 Å². The van der Waals surface area contributed by atoms with Crippen molar-refractivity contribution >= 4 is 26.0 Å². The van der Waals surface area contributed by atoms with E-state index in [-0.39, 0.29) is 4.90 Å². The zero-order valence-electron chi connectivity index (χ0n) is 10.4. The van der Waals surface area contributed by atoms with Gasteiger partial charge in [0.25, 0.3) is 0 Å². The third-order valence-electron chi connectivity index (χ3n) is 2.53. The molecular formula is C11H17BrN2O3S. The second kappa shape index (κ2) is 6.63. The highest BCUT2D eigenvalue weighted by Crippen LogP contribution is 2.25. The molecule has 5 nitrogen and oxygen atoms in total. The number of nitrogens with two attached hydrogens (primary N) is 1. The topological polar surface area (TPSA) is 72.6 Å². The first-order valence-corrected chi connectivity index (χ1v) is 7.60. The van der Waals surface area contributed by atoms with Gasteiger partial charge < -0.3 is 10.5 Å². The molecule has 102 valence electrons. The lowest BCUT2D eigenvalue weighted by Crippen LogP contribution is -2.30. The molecule has 0 unspecified atom stereocenters. The number of sulfonamides is 1. The van der Waals surface area contributed by atoms with Crippen molar-refractivity contribution in [2.24, 2.45) is 5.73 Å². The van der Waals surface area contributed by atoms with Crippen LogP contribution in [0, 0.1) is 0 Å². The number of rotatable bonds is 6. The fourth-order valence-electron chi connectivity index (χ4n) is 1.38. The lowest BCUT2D eigenvalue weighted by atomic mass is 10.2. The van der Waals surface area contributed by atoms with Crippen LogP contribution in [-0.2, 0) is 21.3 Å². The molecule has 0 amide bonds. The van der Waals surface area contributed by atoms with Crippen LogP contribution in [0.3, 0.4) is 0 Å². The smallest absolute Gasteiger partial charge is 0.244 e. The zero-order valence-corrected chi connectivity index (χ0v) is 12.8. The van der Waals surface area contributed by atoms with E-state index in [2.05, 4.69) is 15.9 Å². The Morgan fingerprint density at radius 3 is 2.67 bits per heavy atom. The van der Waals surface area contributed by atoms with Crippen molar-refractivity contribution in [3.05, 3.63) is 28.2 Å². The van der Waals surface area contributed by atoms with Crippen LogP contribution in [0.25, 0.3) is 0 Å². The van der Waals surface area contributed by atoms with Crippen molar-refractivity contribution in [1.29, 1.82) is 0 Å². The molecule has 0 aliphatic heterocycles. The fraction of sp³-hybridized carbons (Fsp3) is 0.455. The number of halogens is 1. The number of hydrogen-bond donors (Lipinski definition) is 1. The van der Waals surface area contributed by atoms with Gasteiger partial charge in [-0.15, -0.1) is 0 Å². The van der Waals surface area contributed by atoms with E-state index in [0.717, 1.165) is 5.56 Å². The van der Waals surface area contributed by atoms with Crippen LogP contribution in [0.5, 0.6) is 0 Å². The van der Waals surface area contributed by atoms with Gasteiger partial charge in [0.15, 0.2) is 0 Å². The maximum Gasteiger partial charge on any atom is 0.244 e. The van der Waals surface area contributed by atoms with Crippen molar-refractivity contribution in [1.82, 2.24) is 4.31 Å². The van der Waals surface area contributed by atoms with E-state index < -0.39 is 10.0 Å². The van der Waals surface area contributed by atoms with Crippen molar-refractivity contribution < 1.29 is 13.2 Å². The molecule has 0 aromatic heterocycles. The van der Waals surface area contributed by atoms with Gasteiger partial charge in [-0.3, -0.25) is 0 Å². The summed E-state index contributed by atoms with van der Waals surface area (Å²) in [5.41, 5.74) is 6.30. The van der Waals surface area contributed by atoms with Crippen molar-refractivity contribution in [2.75, 3.05) is 27.3 Å². The summed E-state index contributed by atoms with van der Waals surface area (Å²) in [6, 6.07) is 5.07. The summed E-state index contributed by atoms with van der Waals surface area (Å²) >= 11 is 3.25. The van der Waals surface area contributed by atoms with Crippen LogP contribution in [0.1, 0.15) is 5.56 Å². The summed E-state index contributed by atoms with van der Waals surface area (Å²) in [6.45, 7) is 0.958. The molecule has 0 fully saturated rings.